The van der Waals surface area contributed by atoms with Gasteiger partial charge in [0.15, 0.2) is 0 Å². The second-order valence-electron chi connectivity index (χ2n) is 6.66. The fourth-order valence-corrected chi connectivity index (χ4v) is 3.50. The van der Waals surface area contributed by atoms with Crippen molar-refractivity contribution in [2.45, 2.75) is 26.2 Å². The maximum absolute atomic E-state index is 13.0. The molecule has 0 radical (unpaired) electrons. The molecule has 2 heteroatoms. The Hall–Kier alpha value is -2.87. The highest BCUT2D eigenvalue weighted by Crippen LogP contribution is 2.40. The Labute approximate surface area is 149 Å². The molecule has 3 aromatic carbocycles. The normalized spacial score (nSPS) is 11.3. The fourth-order valence-electron chi connectivity index (χ4n) is 3.50. The molecule has 2 N–H and O–H groups in total. The maximum atomic E-state index is 13.0. The number of rotatable bonds is 4. The minimum Gasteiger partial charge on any atom is -0.368 e. The molecule has 2 nitrogen and oxygen atoms in total. The van der Waals surface area contributed by atoms with Gasteiger partial charge in [-0.3, -0.25) is 4.79 Å². The van der Waals surface area contributed by atoms with Gasteiger partial charge in [0, 0.05) is 0 Å². The Morgan fingerprint density at radius 2 is 1.16 bits per heavy atom. The Morgan fingerprint density at radius 3 is 1.56 bits per heavy atom. The van der Waals surface area contributed by atoms with Gasteiger partial charge in [-0.25, -0.2) is 0 Å². The van der Waals surface area contributed by atoms with E-state index in [1.54, 1.807) is 0 Å². The number of benzene rings is 3. The van der Waals surface area contributed by atoms with Crippen LogP contribution in [0.3, 0.4) is 0 Å². The first-order valence-electron chi connectivity index (χ1n) is 8.46. The molecule has 3 aromatic rings. The molecule has 0 spiro atoms. The third-order valence-electron chi connectivity index (χ3n) is 4.89. The quantitative estimate of drug-likeness (QED) is 0.707. The monoisotopic (exact) mass is 329 g/mol. The van der Waals surface area contributed by atoms with E-state index in [9.17, 15) is 4.79 Å². The molecule has 126 valence electrons. The van der Waals surface area contributed by atoms with E-state index in [-0.39, 0.29) is 5.91 Å². The van der Waals surface area contributed by atoms with Crippen LogP contribution in [-0.4, -0.2) is 5.91 Å². The molecule has 0 fully saturated rings. The molecular formula is C23H23NO. The fraction of sp³-hybridized carbons (Fsp3) is 0.174. The third-order valence-corrected chi connectivity index (χ3v) is 4.89. The molecule has 0 saturated heterocycles. The van der Waals surface area contributed by atoms with Crippen LogP contribution in [0.5, 0.6) is 0 Å². The Morgan fingerprint density at radius 1 is 0.720 bits per heavy atom. The van der Waals surface area contributed by atoms with Gasteiger partial charge in [0.25, 0.3) is 0 Å². The molecule has 0 aromatic heterocycles. The number of primary amides is 1. The molecule has 0 bridgehead atoms. The van der Waals surface area contributed by atoms with Crippen molar-refractivity contribution in [3.05, 3.63) is 106 Å². The van der Waals surface area contributed by atoms with Crippen LogP contribution in [0, 0.1) is 20.8 Å². The number of carbonyl (C=O) groups excluding carboxylic acids is 1. The van der Waals surface area contributed by atoms with Crippen molar-refractivity contribution in [3.8, 4) is 0 Å². The average molecular weight is 329 g/mol. The number of carbonyl (C=O) groups is 1. The molecule has 0 aliphatic heterocycles. The van der Waals surface area contributed by atoms with Crippen molar-refractivity contribution in [1.29, 1.82) is 0 Å². The van der Waals surface area contributed by atoms with E-state index < -0.39 is 5.41 Å². The van der Waals surface area contributed by atoms with Crippen LogP contribution < -0.4 is 5.73 Å². The molecule has 1 amide bonds. The lowest BCUT2D eigenvalue weighted by Crippen LogP contribution is -2.44. The van der Waals surface area contributed by atoms with Gasteiger partial charge in [-0.05, 0) is 43.0 Å². The van der Waals surface area contributed by atoms with Crippen LogP contribution in [0.15, 0.2) is 72.8 Å². The summed E-state index contributed by atoms with van der Waals surface area (Å²) in [5.41, 5.74) is 11.1. The zero-order chi connectivity index (χ0) is 18.0. The van der Waals surface area contributed by atoms with Crippen molar-refractivity contribution >= 4 is 5.91 Å². The number of aryl methyl sites for hydroxylation is 3. The lowest BCUT2D eigenvalue weighted by molar-refractivity contribution is -0.121. The van der Waals surface area contributed by atoms with Crippen LogP contribution in [0.25, 0.3) is 0 Å². The van der Waals surface area contributed by atoms with Gasteiger partial charge in [-0.15, -0.1) is 0 Å². The molecule has 0 heterocycles. The summed E-state index contributed by atoms with van der Waals surface area (Å²) >= 11 is 0. The minimum absolute atomic E-state index is 0.366. The van der Waals surface area contributed by atoms with Gasteiger partial charge in [0.2, 0.25) is 5.91 Å². The smallest absolute Gasteiger partial charge is 0.237 e. The molecule has 0 atom stereocenters. The number of hydrogen-bond acceptors (Lipinski definition) is 1. The first-order valence-corrected chi connectivity index (χ1v) is 8.46. The maximum Gasteiger partial charge on any atom is 0.237 e. The van der Waals surface area contributed by atoms with E-state index in [0.717, 1.165) is 33.4 Å². The van der Waals surface area contributed by atoms with Crippen molar-refractivity contribution < 1.29 is 4.79 Å². The highest BCUT2D eigenvalue weighted by Gasteiger charge is 2.43. The van der Waals surface area contributed by atoms with Gasteiger partial charge in [0.05, 0.1) is 0 Å². The van der Waals surface area contributed by atoms with Crippen LogP contribution >= 0.6 is 0 Å². The molecule has 0 aliphatic rings. The van der Waals surface area contributed by atoms with Gasteiger partial charge >= 0.3 is 0 Å². The van der Waals surface area contributed by atoms with Gasteiger partial charge < -0.3 is 5.73 Å². The summed E-state index contributed by atoms with van der Waals surface area (Å²) in [6.07, 6.45) is 0. The Balaban J connectivity index is 2.40. The average Bonchev–Trinajstić information content (AvgIpc) is 2.59. The van der Waals surface area contributed by atoms with Crippen LogP contribution in [0.4, 0.5) is 0 Å². The Kier molecular flexibility index (Phi) is 4.45. The van der Waals surface area contributed by atoms with Crippen LogP contribution in [-0.2, 0) is 10.2 Å². The van der Waals surface area contributed by atoms with Crippen molar-refractivity contribution in [2.75, 3.05) is 0 Å². The van der Waals surface area contributed by atoms with Crippen molar-refractivity contribution in [2.24, 2.45) is 5.73 Å². The lowest BCUT2D eigenvalue weighted by Gasteiger charge is -2.34. The predicted octanol–water partition coefficient (Wildman–Crippen LogP) is 4.43. The highest BCUT2D eigenvalue weighted by atomic mass is 16.1. The summed E-state index contributed by atoms with van der Waals surface area (Å²) in [5.74, 6) is -0.366. The van der Waals surface area contributed by atoms with E-state index in [1.165, 1.54) is 0 Å². The Bertz CT molecular complexity index is 847. The molecule has 25 heavy (non-hydrogen) atoms. The first kappa shape index (κ1) is 17.0. The molecule has 3 rings (SSSR count). The number of nitrogens with two attached hydrogens (primary N) is 1. The van der Waals surface area contributed by atoms with Crippen LogP contribution in [0.2, 0.25) is 0 Å². The first-order chi connectivity index (χ1) is 12.0. The topological polar surface area (TPSA) is 43.1 Å². The van der Waals surface area contributed by atoms with Gasteiger partial charge in [-0.1, -0.05) is 83.9 Å². The van der Waals surface area contributed by atoms with Gasteiger partial charge in [-0.2, -0.15) is 0 Å². The highest BCUT2D eigenvalue weighted by molar-refractivity contribution is 5.95. The summed E-state index contributed by atoms with van der Waals surface area (Å²) in [7, 11) is 0. The van der Waals surface area contributed by atoms with Gasteiger partial charge in [0.1, 0.15) is 5.41 Å². The van der Waals surface area contributed by atoms with E-state index in [2.05, 4.69) is 0 Å². The molecular weight excluding hydrogens is 306 g/mol. The molecule has 0 unspecified atom stereocenters. The largest absolute Gasteiger partial charge is 0.368 e. The van der Waals surface area contributed by atoms with Crippen molar-refractivity contribution in [3.63, 3.8) is 0 Å². The summed E-state index contributed by atoms with van der Waals surface area (Å²) in [6, 6.07) is 24.1. The third kappa shape index (κ3) is 2.85. The lowest BCUT2D eigenvalue weighted by atomic mass is 9.67. The summed E-state index contributed by atoms with van der Waals surface area (Å²) in [4.78, 5) is 13.0. The summed E-state index contributed by atoms with van der Waals surface area (Å²) < 4.78 is 0. The van der Waals surface area contributed by atoms with E-state index >= 15 is 0 Å². The SMILES string of the molecule is Cc1ccc(C(C(N)=O)(c2ccc(C)cc2)c2ccccc2C)cc1. The summed E-state index contributed by atoms with van der Waals surface area (Å²) in [5, 5.41) is 0. The van der Waals surface area contributed by atoms with Crippen LogP contribution in [0.1, 0.15) is 33.4 Å². The summed E-state index contributed by atoms with van der Waals surface area (Å²) in [6.45, 7) is 6.10. The van der Waals surface area contributed by atoms with E-state index in [4.69, 9.17) is 5.73 Å². The predicted molar refractivity (Wildman–Crippen MR) is 103 cm³/mol. The van der Waals surface area contributed by atoms with E-state index in [1.807, 2.05) is 93.6 Å². The molecule has 0 saturated carbocycles. The number of amides is 1. The molecule has 0 aliphatic carbocycles. The number of hydrogen-bond donors (Lipinski definition) is 1. The minimum atomic E-state index is -1.01. The standard InChI is InChI=1S/C23H23NO/c1-16-8-12-19(13-9-16)23(22(24)25,20-14-10-17(2)11-15-20)21-7-5-4-6-18(21)3/h4-15H,1-3H3,(H2,24,25). The zero-order valence-corrected chi connectivity index (χ0v) is 14.9. The van der Waals surface area contributed by atoms with Crippen molar-refractivity contribution in [1.82, 2.24) is 0 Å². The second kappa shape index (κ2) is 6.56. The second-order valence-corrected chi connectivity index (χ2v) is 6.66. The zero-order valence-electron chi connectivity index (χ0n) is 14.9. The van der Waals surface area contributed by atoms with E-state index in [0.29, 0.717) is 0 Å².